The van der Waals surface area contributed by atoms with Crippen LogP contribution in [0.5, 0.6) is 0 Å². The summed E-state index contributed by atoms with van der Waals surface area (Å²) in [4.78, 5) is 23.8. The second kappa shape index (κ2) is 7.69. The Kier molecular flexibility index (Phi) is 5.12. The predicted molar refractivity (Wildman–Crippen MR) is 105 cm³/mol. The Morgan fingerprint density at radius 2 is 2.04 bits per heavy atom. The molecule has 2 aromatic heterocycles. The number of nitrogens with zero attached hydrogens (tertiary/aromatic N) is 3. The zero-order valence-corrected chi connectivity index (χ0v) is 16.1. The average molecular weight is 384 g/mol. The van der Waals surface area contributed by atoms with E-state index >= 15 is 0 Å². The highest BCUT2D eigenvalue weighted by Gasteiger charge is 2.28. The van der Waals surface area contributed by atoms with Crippen LogP contribution in [0.15, 0.2) is 40.9 Å². The van der Waals surface area contributed by atoms with E-state index < -0.39 is 0 Å². The van der Waals surface area contributed by atoms with Gasteiger partial charge >= 0.3 is 0 Å². The number of benzene rings is 1. The zero-order chi connectivity index (χ0) is 18.8. The highest BCUT2D eigenvalue weighted by atomic mass is 35.5. The molecule has 1 aliphatic carbocycles. The van der Waals surface area contributed by atoms with E-state index in [9.17, 15) is 4.79 Å². The normalized spacial score (nSPS) is 15.2. The number of oxazole rings is 1. The molecule has 4 rings (SSSR count). The fraction of sp³-hybridized carbons (Fsp3) is 0.381. The molecule has 1 amide bonds. The molecular formula is C21H22ClN3O2. The smallest absolute Gasteiger partial charge is 0.256 e. The lowest BCUT2D eigenvalue weighted by atomic mass is 9.93. The summed E-state index contributed by atoms with van der Waals surface area (Å²) < 4.78 is 5.91. The molecule has 2 heterocycles. The second-order valence-electron chi connectivity index (χ2n) is 7.17. The Hall–Kier alpha value is -2.40. The molecule has 5 nitrogen and oxygen atoms in total. The lowest BCUT2D eigenvalue weighted by Crippen LogP contribution is -2.41. The Labute approximate surface area is 163 Å². The molecule has 0 bridgehead atoms. The molecule has 1 aliphatic rings. The van der Waals surface area contributed by atoms with Crippen LogP contribution >= 0.6 is 11.6 Å². The van der Waals surface area contributed by atoms with Gasteiger partial charge in [0.2, 0.25) is 5.89 Å². The summed E-state index contributed by atoms with van der Waals surface area (Å²) in [5.41, 5.74) is 3.25. The Bertz CT molecular complexity index is 946. The van der Waals surface area contributed by atoms with Gasteiger partial charge in [0, 0.05) is 12.2 Å². The van der Waals surface area contributed by atoms with Crippen molar-refractivity contribution in [3.8, 4) is 0 Å². The summed E-state index contributed by atoms with van der Waals surface area (Å²) in [5.74, 6) is 0.515. The quantitative estimate of drug-likeness (QED) is 0.584. The van der Waals surface area contributed by atoms with Gasteiger partial charge in [-0.05, 0) is 49.6 Å². The largest absolute Gasteiger partial charge is 0.439 e. The number of pyridine rings is 1. The van der Waals surface area contributed by atoms with E-state index in [1.807, 2.05) is 30.0 Å². The molecule has 0 aliphatic heterocycles. The van der Waals surface area contributed by atoms with E-state index in [2.05, 4.69) is 9.97 Å². The van der Waals surface area contributed by atoms with Crippen molar-refractivity contribution in [2.24, 2.45) is 0 Å². The molecule has 1 fully saturated rings. The summed E-state index contributed by atoms with van der Waals surface area (Å²) >= 11 is 5.87. The van der Waals surface area contributed by atoms with Gasteiger partial charge in [-0.25, -0.2) is 9.97 Å². The molecule has 0 radical (unpaired) electrons. The minimum atomic E-state index is -0.0514. The first-order valence-corrected chi connectivity index (χ1v) is 9.76. The van der Waals surface area contributed by atoms with Crippen LogP contribution in [0.25, 0.3) is 11.1 Å². The Balaban J connectivity index is 1.63. The molecule has 0 atom stereocenters. The molecule has 0 spiro atoms. The predicted octanol–water partition coefficient (Wildman–Crippen LogP) is 5.16. The number of hydrogen-bond donors (Lipinski definition) is 0. The minimum absolute atomic E-state index is 0.0514. The lowest BCUT2D eigenvalue weighted by molar-refractivity contribution is 0.0593. The summed E-state index contributed by atoms with van der Waals surface area (Å²) in [6, 6.07) is 9.49. The highest BCUT2D eigenvalue weighted by molar-refractivity contribution is 6.29. The first-order valence-electron chi connectivity index (χ1n) is 9.39. The molecule has 3 aromatic rings. The van der Waals surface area contributed by atoms with E-state index in [-0.39, 0.29) is 11.9 Å². The number of halogens is 1. The maximum Gasteiger partial charge on any atom is 0.256 e. The van der Waals surface area contributed by atoms with E-state index in [1.54, 1.807) is 12.1 Å². The van der Waals surface area contributed by atoms with Gasteiger partial charge < -0.3 is 9.32 Å². The van der Waals surface area contributed by atoms with E-state index in [4.69, 9.17) is 16.0 Å². The average Bonchev–Trinajstić information content (AvgIpc) is 3.08. The number of aryl methyl sites for hydroxylation is 1. The monoisotopic (exact) mass is 383 g/mol. The van der Waals surface area contributed by atoms with Crippen LogP contribution in [0.2, 0.25) is 5.15 Å². The maximum absolute atomic E-state index is 13.2. The van der Waals surface area contributed by atoms with Crippen molar-refractivity contribution in [1.82, 2.24) is 14.9 Å². The van der Waals surface area contributed by atoms with Gasteiger partial charge in [0.25, 0.3) is 5.91 Å². The molecule has 0 unspecified atom stereocenters. The SMILES string of the molecule is Cc1ccc2oc(CN(C(=O)c3ccc(Cl)nc3)C3CCCCC3)nc2c1. The molecule has 6 heteroatoms. The summed E-state index contributed by atoms with van der Waals surface area (Å²) in [6.07, 6.45) is 7.05. The fourth-order valence-electron chi connectivity index (χ4n) is 3.73. The highest BCUT2D eigenvalue weighted by Crippen LogP contribution is 2.27. The summed E-state index contributed by atoms with van der Waals surface area (Å²) in [5, 5.41) is 0.380. The van der Waals surface area contributed by atoms with Crippen molar-refractivity contribution >= 4 is 28.6 Å². The van der Waals surface area contributed by atoms with Crippen molar-refractivity contribution in [2.45, 2.75) is 51.6 Å². The Morgan fingerprint density at radius 1 is 1.22 bits per heavy atom. The van der Waals surface area contributed by atoms with E-state index in [0.29, 0.717) is 23.2 Å². The van der Waals surface area contributed by atoms with Crippen molar-refractivity contribution < 1.29 is 9.21 Å². The first-order chi connectivity index (χ1) is 13.1. The zero-order valence-electron chi connectivity index (χ0n) is 15.3. The van der Waals surface area contributed by atoms with Crippen LogP contribution in [0.1, 0.15) is 53.9 Å². The van der Waals surface area contributed by atoms with Gasteiger partial charge in [0.1, 0.15) is 10.7 Å². The molecule has 0 N–H and O–H groups in total. The third-order valence-electron chi connectivity index (χ3n) is 5.14. The van der Waals surface area contributed by atoms with Crippen LogP contribution in [0, 0.1) is 6.92 Å². The number of fused-ring (bicyclic) bond motifs is 1. The number of rotatable bonds is 4. The number of amides is 1. The van der Waals surface area contributed by atoms with Crippen molar-refractivity contribution in [3.05, 3.63) is 58.7 Å². The van der Waals surface area contributed by atoms with Crippen LogP contribution < -0.4 is 0 Å². The first kappa shape index (κ1) is 18.0. The summed E-state index contributed by atoms with van der Waals surface area (Å²) in [6.45, 7) is 2.39. The fourth-order valence-corrected chi connectivity index (χ4v) is 3.84. The van der Waals surface area contributed by atoms with Gasteiger partial charge in [-0.1, -0.05) is 36.9 Å². The van der Waals surface area contributed by atoms with Crippen molar-refractivity contribution in [3.63, 3.8) is 0 Å². The van der Waals surface area contributed by atoms with Gasteiger partial charge in [-0.2, -0.15) is 0 Å². The number of carbonyl (C=O) groups is 1. The van der Waals surface area contributed by atoms with Crippen LogP contribution in [0.3, 0.4) is 0 Å². The number of carbonyl (C=O) groups excluding carboxylic acids is 1. The Morgan fingerprint density at radius 3 is 2.78 bits per heavy atom. The van der Waals surface area contributed by atoms with Crippen LogP contribution in [-0.4, -0.2) is 26.8 Å². The third-order valence-corrected chi connectivity index (χ3v) is 5.37. The van der Waals surface area contributed by atoms with Crippen LogP contribution in [-0.2, 0) is 6.54 Å². The number of aromatic nitrogens is 2. The van der Waals surface area contributed by atoms with Crippen LogP contribution in [0.4, 0.5) is 0 Å². The van der Waals surface area contributed by atoms with E-state index in [1.165, 1.54) is 12.6 Å². The molecular weight excluding hydrogens is 362 g/mol. The van der Waals surface area contributed by atoms with Gasteiger partial charge in [-0.15, -0.1) is 0 Å². The van der Waals surface area contributed by atoms with Gasteiger partial charge in [0.05, 0.1) is 12.1 Å². The molecule has 27 heavy (non-hydrogen) atoms. The topological polar surface area (TPSA) is 59.2 Å². The van der Waals surface area contributed by atoms with Gasteiger partial charge in [-0.3, -0.25) is 4.79 Å². The molecule has 1 saturated carbocycles. The lowest BCUT2D eigenvalue weighted by Gasteiger charge is -2.33. The van der Waals surface area contributed by atoms with E-state index in [0.717, 1.165) is 42.3 Å². The molecule has 0 saturated heterocycles. The van der Waals surface area contributed by atoms with Crippen molar-refractivity contribution in [1.29, 1.82) is 0 Å². The second-order valence-corrected chi connectivity index (χ2v) is 7.56. The number of hydrogen-bond acceptors (Lipinski definition) is 4. The standard InChI is InChI=1S/C21H22ClN3O2/c1-14-7-9-18-17(11-14)24-20(27-18)13-25(16-5-3-2-4-6-16)21(26)15-8-10-19(22)23-12-15/h7-12,16H,2-6,13H2,1H3. The molecule has 1 aromatic carbocycles. The maximum atomic E-state index is 13.2. The van der Waals surface area contributed by atoms with Gasteiger partial charge in [0.15, 0.2) is 5.58 Å². The minimum Gasteiger partial charge on any atom is -0.439 e. The molecule has 140 valence electrons. The van der Waals surface area contributed by atoms with Crippen molar-refractivity contribution in [2.75, 3.05) is 0 Å². The summed E-state index contributed by atoms with van der Waals surface area (Å²) in [7, 11) is 0. The third kappa shape index (κ3) is 3.98.